The number of carbonyl (C=O) groups excluding carboxylic acids is 1. The predicted octanol–water partition coefficient (Wildman–Crippen LogP) is 4.65. The molecule has 9 heteroatoms. The standard InChI is InChI=1S/C21H29N2O6P/c1-16(20(24)27-15-21(2,3)4)22-30(26,28-18-9-7-6-8-10-18)29-19-13-11-17(12-14-19)23(5)25/h6-14,16,25H,15H2,1-5H3,(H,22,26)/t16-,30-/m0/s1. The molecule has 2 rings (SSSR count). The quantitative estimate of drug-likeness (QED) is 0.333. The maximum Gasteiger partial charge on any atom is 0.513 e. The second kappa shape index (κ2) is 9.98. The van der Waals surface area contributed by atoms with Crippen LogP contribution in [0.25, 0.3) is 0 Å². The number of nitrogens with one attached hydrogen (secondary N) is 1. The molecule has 0 aliphatic carbocycles. The summed E-state index contributed by atoms with van der Waals surface area (Å²) >= 11 is 0. The molecule has 0 unspecified atom stereocenters. The number of ether oxygens (including phenoxy) is 1. The van der Waals surface area contributed by atoms with Gasteiger partial charge < -0.3 is 13.8 Å². The molecular weight excluding hydrogens is 407 g/mol. The van der Waals surface area contributed by atoms with Gasteiger partial charge in [-0.1, -0.05) is 39.0 Å². The highest BCUT2D eigenvalue weighted by Gasteiger charge is 2.34. The first-order valence-electron chi connectivity index (χ1n) is 9.49. The van der Waals surface area contributed by atoms with Gasteiger partial charge in [-0.15, -0.1) is 0 Å². The monoisotopic (exact) mass is 436 g/mol. The topological polar surface area (TPSA) is 97.3 Å². The number of esters is 1. The van der Waals surface area contributed by atoms with Crippen molar-refractivity contribution in [2.75, 3.05) is 18.7 Å². The second-order valence-electron chi connectivity index (χ2n) is 8.03. The Balaban J connectivity index is 2.18. The Hall–Kier alpha value is -2.54. The molecule has 2 atom stereocenters. The first kappa shape index (κ1) is 23.7. The molecule has 30 heavy (non-hydrogen) atoms. The molecule has 0 fully saturated rings. The Morgan fingerprint density at radius 2 is 1.60 bits per heavy atom. The van der Waals surface area contributed by atoms with Crippen molar-refractivity contribution in [2.24, 2.45) is 5.41 Å². The molecule has 0 amide bonds. The zero-order valence-electron chi connectivity index (χ0n) is 17.9. The average Bonchev–Trinajstić information content (AvgIpc) is 2.66. The molecule has 0 saturated carbocycles. The van der Waals surface area contributed by atoms with Crippen LogP contribution in [0.3, 0.4) is 0 Å². The normalized spacial score (nSPS) is 14.3. The number of hydroxylamine groups is 1. The molecule has 0 bridgehead atoms. The van der Waals surface area contributed by atoms with E-state index in [2.05, 4.69) is 5.09 Å². The molecule has 0 aliphatic rings. The van der Waals surface area contributed by atoms with Gasteiger partial charge in [-0.2, -0.15) is 5.09 Å². The molecule has 0 saturated heterocycles. The SMILES string of the molecule is C[C@H](N[P@](=O)(Oc1ccccc1)Oc1ccc(N(C)O)cc1)C(=O)OCC(C)(C)C. The Labute approximate surface area is 177 Å². The van der Waals surface area contributed by atoms with Gasteiger partial charge in [0.05, 0.1) is 12.3 Å². The van der Waals surface area contributed by atoms with Gasteiger partial charge in [-0.3, -0.25) is 15.1 Å². The van der Waals surface area contributed by atoms with Crippen molar-refractivity contribution in [1.82, 2.24) is 5.09 Å². The minimum absolute atomic E-state index is 0.197. The average molecular weight is 436 g/mol. The van der Waals surface area contributed by atoms with Gasteiger partial charge in [0.1, 0.15) is 17.5 Å². The fraction of sp³-hybridized carbons (Fsp3) is 0.381. The van der Waals surface area contributed by atoms with Gasteiger partial charge in [0, 0.05) is 7.05 Å². The van der Waals surface area contributed by atoms with E-state index in [0.717, 1.165) is 5.06 Å². The van der Waals surface area contributed by atoms with Crippen molar-refractivity contribution in [2.45, 2.75) is 33.7 Å². The highest BCUT2D eigenvalue weighted by Crippen LogP contribution is 2.45. The summed E-state index contributed by atoms with van der Waals surface area (Å²) in [5, 5.41) is 13.1. The summed E-state index contributed by atoms with van der Waals surface area (Å²) in [6, 6.07) is 13.8. The molecule has 2 aromatic rings. The summed E-state index contributed by atoms with van der Waals surface area (Å²) < 4.78 is 30.0. The van der Waals surface area contributed by atoms with E-state index in [0.29, 0.717) is 11.4 Å². The number of hydrogen-bond donors (Lipinski definition) is 2. The lowest BCUT2D eigenvalue weighted by Crippen LogP contribution is -2.37. The summed E-state index contributed by atoms with van der Waals surface area (Å²) in [6.45, 7) is 7.58. The van der Waals surface area contributed by atoms with Gasteiger partial charge in [0.25, 0.3) is 0 Å². The fourth-order valence-electron chi connectivity index (χ4n) is 2.26. The van der Waals surface area contributed by atoms with Crippen molar-refractivity contribution in [3.05, 3.63) is 54.6 Å². The van der Waals surface area contributed by atoms with Crippen LogP contribution in [0.15, 0.2) is 54.6 Å². The third-order valence-corrected chi connectivity index (χ3v) is 5.36. The second-order valence-corrected chi connectivity index (χ2v) is 9.65. The number of anilines is 1. The zero-order chi connectivity index (χ0) is 22.4. The van der Waals surface area contributed by atoms with Crippen LogP contribution in [-0.4, -0.2) is 30.9 Å². The van der Waals surface area contributed by atoms with Crippen molar-refractivity contribution in [1.29, 1.82) is 0 Å². The van der Waals surface area contributed by atoms with E-state index in [4.69, 9.17) is 13.8 Å². The molecule has 0 aromatic heterocycles. The smallest absolute Gasteiger partial charge is 0.464 e. The van der Waals surface area contributed by atoms with Crippen molar-refractivity contribution < 1.29 is 28.4 Å². The van der Waals surface area contributed by atoms with Gasteiger partial charge >= 0.3 is 13.7 Å². The van der Waals surface area contributed by atoms with Crippen molar-refractivity contribution in [3.8, 4) is 11.5 Å². The van der Waals surface area contributed by atoms with Crippen LogP contribution in [-0.2, 0) is 14.1 Å². The number of para-hydroxylation sites is 1. The lowest BCUT2D eigenvalue weighted by Gasteiger charge is -2.24. The molecule has 2 N–H and O–H groups in total. The van der Waals surface area contributed by atoms with Crippen LogP contribution in [0.1, 0.15) is 27.7 Å². The number of hydrogen-bond acceptors (Lipinski definition) is 7. The molecule has 8 nitrogen and oxygen atoms in total. The molecule has 0 radical (unpaired) electrons. The number of nitrogens with zero attached hydrogens (tertiary/aromatic N) is 1. The Morgan fingerprint density at radius 1 is 1.07 bits per heavy atom. The minimum atomic E-state index is -4.00. The van der Waals surface area contributed by atoms with Crippen LogP contribution >= 0.6 is 7.75 Å². The summed E-state index contributed by atoms with van der Waals surface area (Å²) in [7, 11) is -2.53. The van der Waals surface area contributed by atoms with E-state index in [-0.39, 0.29) is 17.8 Å². The zero-order valence-corrected chi connectivity index (χ0v) is 18.8. The van der Waals surface area contributed by atoms with E-state index in [1.165, 1.54) is 26.1 Å². The summed E-state index contributed by atoms with van der Waals surface area (Å²) in [5.74, 6) is -0.0133. The molecule has 2 aromatic carbocycles. The maximum atomic E-state index is 13.5. The molecule has 0 spiro atoms. The first-order chi connectivity index (χ1) is 14.0. The van der Waals surface area contributed by atoms with Gasteiger partial charge in [0.15, 0.2) is 0 Å². The molecule has 0 heterocycles. The highest BCUT2D eigenvalue weighted by molar-refractivity contribution is 7.52. The summed E-state index contributed by atoms with van der Waals surface area (Å²) in [4.78, 5) is 12.3. The van der Waals surface area contributed by atoms with Gasteiger partial charge in [0.2, 0.25) is 0 Å². The fourth-order valence-corrected chi connectivity index (χ4v) is 3.78. The van der Waals surface area contributed by atoms with E-state index in [1.54, 1.807) is 42.5 Å². The van der Waals surface area contributed by atoms with Crippen molar-refractivity contribution >= 4 is 19.4 Å². The Bertz CT molecular complexity index is 865. The molecule has 164 valence electrons. The van der Waals surface area contributed by atoms with Crippen LogP contribution in [0.5, 0.6) is 11.5 Å². The highest BCUT2D eigenvalue weighted by atomic mass is 31.2. The van der Waals surface area contributed by atoms with Crippen LogP contribution < -0.4 is 19.2 Å². The molecule has 0 aliphatic heterocycles. The summed E-state index contributed by atoms with van der Waals surface area (Å²) in [6.07, 6.45) is 0. The Kier molecular flexibility index (Phi) is 7.89. The van der Waals surface area contributed by atoms with Crippen LogP contribution in [0.2, 0.25) is 0 Å². The third kappa shape index (κ3) is 7.71. The third-order valence-electron chi connectivity index (χ3n) is 3.76. The van der Waals surface area contributed by atoms with E-state index >= 15 is 0 Å². The largest absolute Gasteiger partial charge is 0.513 e. The molecular formula is C21H29N2O6P. The number of benzene rings is 2. The lowest BCUT2D eigenvalue weighted by molar-refractivity contribution is -0.148. The van der Waals surface area contributed by atoms with Crippen LogP contribution in [0.4, 0.5) is 5.69 Å². The van der Waals surface area contributed by atoms with E-state index in [9.17, 15) is 14.6 Å². The van der Waals surface area contributed by atoms with Crippen molar-refractivity contribution in [3.63, 3.8) is 0 Å². The van der Waals surface area contributed by atoms with E-state index < -0.39 is 19.8 Å². The van der Waals surface area contributed by atoms with Crippen LogP contribution in [0, 0.1) is 5.41 Å². The summed E-state index contributed by atoms with van der Waals surface area (Å²) in [5.41, 5.74) is 0.325. The van der Waals surface area contributed by atoms with E-state index in [1.807, 2.05) is 20.8 Å². The lowest BCUT2D eigenvalue weighted by atomic mass is 9.99. The Morgan fingerprint density at radius 3 is 2.10 bits per heavy atom. The minimum Gasteiger partial charge on any atom is -0.464 e. The number of carbonyl (C=O) groups is 1. The first-order valence-corrected chi connectivity index (χ1v) is 11.0. The predicted molar refractivity (Wildman–Crippen MR) is 115 cm³/mol. The number of rotatable bonds is 9. The maximum absolute atomic E-state index is 13.5. The van der Waals surface area contributed by atoms with Gasteiger partial charge in [-0.25, -0.2) is 4.57 Å². The van der Waals surface area contributed by atoms with Gasteiger partial charge in [-0.05, 0) is 48.7 Å².